The van der Waals surface area contributed by atoms with Crippen LogP contribution in [0.1, 0.15) is 39.0 Å². The lowest BCUT2D eigenvalue weighted by molar-refractivity contribution is 0.198. The van der Waals surface area contributed by atoms with Crippen LogP contribution in [-0.2, 0) is 10.0 Å². The van der Waals surface area contributed by atoms with Crippen molar-refractivity contribution in [2.45, 2.75) is 45.1 Å². The van der Waals surface area contributed by atoms with Crippen LogP contribution >= 0.6 is 0 Å². The van der Waals surface area contributed by atoms with E-state index in [1.807, 2.05) is 6.92 Å². The molecule has 0 amide bonds. The van der Waals surface area contributed by atoms with E-state index in [0.29, 0.717) is 24.8 Å². The van der Waals surface area contributed by atoms with Gasteiger partial charge in [-0.15, -0.1) is 0 Å². The Kier molecular flexibility index (Phi) is 4.10. The maximum atomic E-state index is 12.1. The topological polar surface area (TPSA) is 63.4 Å². The Morgan fingerprint density at radius 3 is 2.41 bits per heavy atom. The number of hydrogen-bond donors (Lipinski definition) is 1. The van der Waals surface area contributed by atoms with Gasteiger partial charge >= 0.3 is 0 Å². The predicted octanol–water partition coefficient (Wildman–Crippen LogP) is 1.18. The summed E-state index contributed by atoms with van der Waals surface area (Å²) in [4.78, 5) is 0. The monoisotopic (exact) mass is 260 g/mol. The lowest BCUT2D eigenvalue weighted by Crippen LogP contribution is -2.47. The first-order chi connectivity index (χ1) is 8.04. The average Bonchev–Trinajstić information content (AvgIpc) is 2.55. The maximum Gasteiger partial charge on any atom is 0.214 e. The van der Waals surface area contributed by atoms with Gasteiger partial charge in [0.05, 0.1) is 5.75 Å². The van der Waals surface area contributed by atoms with Gasteiger partial charge in [0.15, 0.2) is 0 Å². The number of hydrogen-bond acceptors (Lipinski definition) is 3. The summed E-state index contributed by atoms with van der Waals surface area (Å²) in [5.74, 6) is 1.03. The fourth-order valence-electron chi connectivity index (χ4n) is 3.33. The summed E-state index contributed by atoms with van der Waals surface area (Å²) in [6.45, 7) is 3.14. The van der Waals surface area contributed by atoms with Crippen LogP contribution in [0.2, 0.25) is 0 Å². The molecule has 1 aliphatic heterocycles. The number of nitrogens with two attached hydrogens (primary N) is 1. The minimum Gasteiger partial charge on any atom is -0.329 e. The highest BCUT2D eigenvalue weighted by atomic mass is 32.2. The van der Waals surface area contributed by atoms with Gasteiger partial charge in [-0.05, 0) is 24.7 Å². The molecule has 1 saturated carbocycles. The number of rotatable bonds is 3. The van der Waals surface area contributed by atoms with Crippen LogP contribution in [0, 0.1) is 11.8 Å². The largest absolute Gasteiger partial charge is 0.329 e. The normalized spacial score (nSPS) is 32.7. The van der Waals surface area contributed by atoms with E-state index >= 15 is 0 Å². The first kappa shape index (κ1) is 13.3. The SMILES string of the molecule is CC1CN(C(CN)C2CCCCC2)S(=O)(=O)C1. The van der Waals surface area contributed by atoms with Crippen molar-refractivity contribution in [3.05, 3.63) is 0 Å². The summed E-state index contributed by atoms with van der Waals surface area (Å²) >= 11 is 0. The van der Waals surface area contributed by atoms with Crippen LogP contribution in [0.5, 0.6) is 0 Å². The fourth-order valence-corrected chi connectivity index (χ4v) is 5.50. The molecule has 100 valence electrons. The minimum atomic E-state index is -3.04. The quantitative estimate of drug-likeness (QED) is 0.828. The van der Waals surface area contributed by atoms with Gasteiger partial charge in [-0.1, -0.05) is 26.2 Å². The van der Waals surface area contributed by atoms with E-state index in [1.165, 1.54) is 19.3 Å². The zero-order valence-electron chi connectivity index (χ0n) is 10.6. The maximum absolute atomic E-state index is 12.1. The molecule has 0 aromatic heterocycles. The van der Waals surface area contributed by atoms with E-state index in [2.05, 4.69) is 0 Å². The Balaban J connectivity index is 2.12. The van der Waals surface area contributed by atoms with Crippen molar-refractivity contribution in [1.29, 1.82) is 0 Å². The average molecular weight is 260 g/mol. The minimum absolute atomic E-state index is 0.0465. The van der Waals surface area contributed by atoms with Crippen molar-refractivity contribution >= 4 is 10.0 Å². The van der Waals surface area contributed by atoms with Crippen LogP contribution < -0.4 is 5.73 Å². The molecule has 2 N–H and O–H groups in total. The number of nitrogens with zero attached hydrogens (tertiary/aromatic N) is 1. The molecule has 2 atom stereocenters. The Morgan fingerprint density at radius 2 is 1.94 bits per heavy atom. The molecule has 17 heavy (non-hydrogen) atoms. The van der Waals surface area contributed by atoms with Crippen molar-refractivity contribution in [1.82, 2.24) is 4.31 Å². The van der Waals surface area contributed by atoms with Gasteiger partial charge in [-0.25, -0.2) is 8.42 Å². The zero-order chi connectivity index (χ0) is 12.5. The lowest BCUT2D eigenvalue weighted by atomic mass is 9.84. The Bertz CT molecular complexity index is 350. The van der Waals surface area contributed by atoms with Crippen LogP contribution in [0.3, 0.4) is 0 Å². The molecule has 0 radical (unpaired) electrons. The summed E-state index contributed by atoms with van der Waals surface area (Å²) in [6.07, 6.45) is 6.02. The third-order valence-electron chi connectivity index (χ3n) is 4.15. The molecule has 2 fully saturated rings. The molecule has 4 nitrogen and oxygen atoms in total. The third kappa shape index (κ3) is 2.83. The molecule has 0 spiro atoms. The van der Waals surface area contributed by atoms with Gasteiger partial charge in [0, 0.05) is 19.1 Å². The van der Waals surface area contributed by atoms with Crippen LogP contribution in [-0.4, -0.2) is 37.6 Å². The fraction of sp³-hybridized carbons (Fsp3) is 1.00. The highest BCUT2D eigenvalue weighted by Crippen LogP contribution is 2.32. The van der Waals surface area contributed by atoms with Crippen molar-refractivity contribution in [3.8, 4) is 0 Å². The second kappa shape index (κ2) is 5.24. The Labute approximate surface area is 105 Å². The van der Waals surface area contributed by atoms with E-state index in [9.17, 15) is 8.42 Å². The molecule has 2 aliphatic rings. The molecule has 0 aromatic rings. The van der Waals surface area contributed by atoms with Gasteiger partial charge in [0.2, 0.25) is 10.0 Å². The van der Waals surface area contributed by atoms with Gasteiger partial charge < -0.3 is 5.73 Å². The van der Waals surface area contributed by atoms with E-state index in [4.69, 9.17) is 5.73 Å². The molecule has 0 bridgehead atoms. The van der Waals surface area contributed by atoms with Crippen molar-refractivity contribution in [2.75, 3.05) is 18.8 Å². The molecule has 2 unspecified atom stereocenters. The lowest BCUT2D eigenvalue weighted by Gasteiger charge is -2.34. The Morgan fingerprint density at radius 1 is 1.29 bits per heavy atom. The van der Waals surface area contributed by atoms with E-state index < -0.39 is 10.0 Å². The Hall–Kier alpha value is -0.130. The van der Waals surface area contributed by atoms with Gasteiger partial charge in [-0.3, -0.25) is 0 Å². The summed E-state index contributed by atoms with van der Waals surface area (Å²) in [7, 11) is -3.04. The van der Waals surface area contributed by atoms with Gasteiger partial charge in [-0.2, -0.15) is 4.31 Å². The molecule has 1 aliphatic carbocycles. The summed E-state index contributed by atoms with van der Waals surface area (Å²) < 4.78 is 25.9. The van der Waals surface area contributed by atoms with Crippen molar-refractivity contribution in [3.63, 3.8) is 0 Å². The highest BCUT2D eigenvalue weighted by molar-refractivity contribution is 7.89. The van der Waals surface area contributed by atoms with Crippen LogP contribution in [0.25, 0.3) is 0 Å². The molecule has 2 rings (SSSR count). The molecule has 5 heteroatoms. The molecular formula is C12H24N2O2S. The predicted molar refractivity (Wildman–Crippen MR) is 69.1 cm³/mol. The smallest absolute Gasteiger partial charge is 0.214 e. The first-order valence-electron chi connectivity index (χ1n) is 6.74. The summed E-state index contributed by atoms with van der Waals surface area (Å²) in [6, 6.07) is 0.0465. The third-order valence-corrected chi connectivity index (χ3v) is 6.27. The van der Waals surface area contributed by atoms with E-state index in [-0.39, 0.29) is 12.0 Å². The van der Waals surface area contributed by atoms with Crippen LogP contribution in [0.15, 0.2) is 0 Å². The van der Waals surface area contributed by atoms with E-state index in [0.717, 1.165) is 12.8 Å². The molecule has 1 saturated heterocycles. The van der Waals surface area contributed by atoms with E-state index in [1.54, 1.807) is 4.31 Å². The van der Waals surface area contributed by atoms with Gasteiger partial charge in [0.25, 0.3) is 0 Å². The standard InChI is InChI=1S/C12H24N2O2S/c1-10-8-14(17(15,16)9-10)12(7-13)11-5-3-2-4-6-11/h10-12H,2-9,13H2,1H3. The zero-order valence-corrected chi connectivity index (χ0v) is 11.5. The second-order valence-electron chi connectivity index (χ2n) is 5.65. The van der Waals surface area contributed by atoms with Crippen LogP contribution in [0.4, 0.5) is 0 Å². The van der Waals surface area contributed by atoms with Crippen molar-refractivity contribution in [2.24, 2.45) is 17.6 Å². The second-order valence-corrected chi connectivity index (χ2v) is 7.62. The summed E-state index contributed by atoms with van der Waals surface area (Å²) in [5.41, 5.74) is 5.84. The van der Waals surface area contributed by atoms with Crippen molar-refractivity contribution < 1.29 is 8.42 Å². The summed E-state index contributed by atoms with van der Waals surface area (Å²) in [5, 5.41) is 0. The molecular weight excluding hydrogens is 236 g/mol. The van der Waals surface area contributed by atoms with Gasteiger partial charge in [0.1, 0.15) is 0 Å². The molecule has 0 aromatic carbocycles. The number of sulfonamides is 1. The first-order valence-corrected chi connectivity index (χ1v) is 8.35. The highest BCUT2D eigenvalue weighted by Gasteiger charge is 2.40. The molecule has 1 heterocycles.